The Morgan fingerprint density at radius 2 is 0.677 bits per heavy atom. The Hall–Kier alpha value is -0.720. The molecular weight excluding hydrogens is 376 g/mol. The van der Waals surface area contributed by atoms with E-state index < -0.39 is 0 Å². The number of rotatable bonds is 24. The van der Waals surface area contributed by atoms with Crippen LogP contribution in [0.15, 0.2) is 23.7 Å². The van der Waals surface area contributed by atoms with Crippen molar-refractivity contribution in [3.63, 3.8) is 0 Å². The first-order chi connectivity index (χ1) is 15.3. The van der Waals surface area contributed by atoms with Gasteiger partial charge < -0.3 is 4.74 Å². The fraction of sp³-hybridized carbons (Fsp3) is 0.867. The van der Waals surface area contributed by atoms with Gasteiger partial charge in [-0.1, -0.05) is 129 Å². The van der Waals surface area contributed by atoms with Crippen molar-refractivity contribution >= 4 is 0 Å². The first-order valence-electron chi connectivity index (χ1n) is 14.3. The fourth-order valence-corrected chi connectivity index (χ4v) is 4.25. The first kappa shape index (κ1) is 30.3. The molecule has 31 heavy (non-hydrogen) atoms. The molecule has 0 atom stereocenters. The summed E-state index contributed by atoms with van der Waals surface area (Å²) in [6.07, 6.45) is 34.4. The minimum Gasteiger partial charge on any atom is -0.467 e. The van der Waals surface area contributed by atoms with Crippen molar-refractivity contribution in [3.8, 4) is 0 Å². The maximum Gasteiger partial charge on any atom is 0.0993 e. The third kappa shape index (κ3) is 22.3. The molecule has 0 aromatic rings. The minimum atomic E-state index is 1.10. The minimum absolute atomic E-state index is 1.10. The van der Waals surface area contributed by atoms with Gasteiger partial charge in [0, 0.05) is 12.8 Å². The second kappa shape index (κ2) is 25.5. The summed E-state index contributed by atoms with van der Waals surface area (Å²) in [6.45, 7) is 8.83. The summed E-state index contributed by atoms with van der Waals surface area (Å²) in [5.74, 6) is 2.36. The maximum atomic E-state index is 6.24. The van der Waals surface area contributed by atoms with Crippen LogP contribution in [-0.2, 0) is 4.74 Å². The van der Waals surface area contributed by atoms with Crippen molar-refractivity contribution in [1.82, 2.24) is 0 Å². The van der Waals surface area contributed by atoms with Crippen LogP contribution in [0.4, 0.5) is 0 Å². The lowest BCUT2D eigenvalue weighted by Gasteiger charge is -2.13. The topological polar surface area (TPSA) is 9.23 Å². The zero-order valence-corrected chi connectivity index (χ0v) is 22.1. The van der Waals surface area contributed by atoms with E-state index in [9.17, 15) is 0 Å². The van der Waals surface area contributed by atoms with E-state index in [-0.39, 0.29) is 0 Å². The number of hydrogen-bond acceptors (Lipinski definition) is 1. The van der Waals surface area contributed by atoms with Gasteiger partial charge in [-0.05, 0) is 38.8 Å². The average Bonchev–Trinajstić information content (AvgIpc) is 2.79. The van der Waals surface area contributed by atoms with E-state index in [2.05, 4.69) is 39.8 Å². The van der Waals surface area contributed by atoms with Crippen LogP contribution in [0.5, 0.6) is 0 Å². The zero-order valence-electron chi connectivity index (χ0n) is 22.1. The highest BCUT2D eigenvalue weighted by atomic mass is 16.5. The summed E-state index contributed by atoms with van der Waals surface area (Å²) in [5.41, 5.74) is 0. The predicted octanol–water partition coefficient (Wildman–Crippen LogP) is 11.4. The molecule has 184 valence electrons. The van der Waals surface area contributed by atoms with Crippen LogP contribution in [0.3, 0.4) is 0 Å². The highest BCUT2D eigenvalue weighted by Gasteiger charge is 2.04. The second-order valence-corrected chi connectivity index (χ2v) is 9.48. The molecule has 0 aliphatic heterocycles. The molecule has 0 bridgehead atoms. The van der Waals surface area contributed by atoms with Crippen LogP contribution in [0.25, 0.3) is 0 Å². The molecule has 0 unspecified atom stereocenters. The molecule has 0 radical (unpaired) electrons. The van der Waals surface area contributed by atoms with Gasteiger partial charge in [-0.25, -0.2) is 0 Å². The largest absolute Gasteiger partial charge is 0.467 e. The van der Waals surface area contributed by atoms with Crippen molar-refractivity contribution in [1.29, 1.82) is 0 Å². The van der Waals surface area contributed by atoms with Crippen molar-refractivity contribution in [2.45, 2.75) is 169 Å². The lowest BCUT2D eigenvalue weighted by Crippen LogP contribution is -1.95. The normalized spacial score (nSPS) is 12.5. The molecule has 1 heteroatoms. The van der Waals surface area contributed by atoms with Crippen LogP contribution in [0.1, 0.15) is 169 Å². The maximum absolute atomic E-state index is 6.24. The van der Waals surface area contributed by atoms with Crippen molar-refractivity contribution in [3.05, 3.63) is 23.7 Å². The Morgan fingerprint density at radius 3 is 0.935 bits per heavy atom. The summed E-state index contributed by atoms with van der Waals surface area (Å²) in [6, 6.07) is 0. The Labute approximate surface area is 197 Å². The quantitative estimate of drug-likeness (QED) is 0.108. The van der Waals surface area contributed by atoms with Gasteiger partial charge in [0.05, 0.1) is 11.5 Å². The van der Waals surface area contributed by atoms with Crippen LogP contribution in [0.2, 0.25) is 0 Å². The van der Waals surface area contributed by atoms with Gasteiger partial charge in [0.2, 0.25) is 0 Å². The molecule has 0 spiro atoms. The third-order valence-corrected chi connectivity index (χ3v) is 6.46. The molecule has 0 aliphatic rings. The lowest BCUT2D eigenvalue weighted by atomic mass is 10.1. The summed E-state index contributed by atoms with van der Waals surface area (Å²) >= 11 is 0. The second-order valence-electron chi connectivity index (χ2n) is 9.48. The standard InChI is InChI=1S/C30H58O/c1-5-9-11-13-15-17-19-21-23-25-27-29(7-3)31-30(8-4)28-26-24-22-20-18-16-14-12-10-6-2/h7-8H,5-6,9-28H2,1-4H3. The number of hydrogen-bond donors (Lipinski definition) is 0. The SMILES string of the molecule is CC=C(CCCCCCCCCCCC)OC(=CC)CCCCCCCCCCCC. The van der Waals surface area contributed by atoms with E-state index in [0.29, 0.717) is 0 Å². The van der Waals surface area contributed by atoms with Gasteiger partial charge in [0.1, 0.15) is 0 Å². The molecule has 0 aliphatic carbocycles. The fourth-order valence-electron chi connectivity index (χ4n) is 4.25. The van der Waals surface area contributed by atoms with Crippen LogP contribution in [-0.4, -0.2) is 0 Å². The zero-order chi connectivity index (χ0) is 22.8. The molecule has 0 saturated heterocycles. The molecular formula is C30H58O. The predicted molar refractivity (Wildman–Crippen MR) is 142 cm³/mol. The van der Waals surface area contributed by atoms with Crippen molar-refractivity contribution < 1.29 is 4.74 Å². The van der Waals surface area contributed by atoms with E-state index in [1.165, 1.54) is 140 Å². The van der Waals surface area contributed by atoms with E-state index >= 15 is 0 Å². The molecule has 0 amide bonds. The van der Waals surface area contributed by atoms with E-state index in [1.807, 2.05) is 0 Å². The molecule has 0 fully saturated rings. The average molecular weight is 435 g/mol. The van der Waals surface area contributed by atoms with Gasteiger partial charge in [-0.3, -0.25) is 0 Å². The molecule has 0 rings (SSSR count). The number of allylic oxidation sites excluding steroid dienone is 4. The van der Waals surface area contributed by atoms with Crippen LogP contribution in [0, 0.1) is 0 Å². The monoisotopic (exact) mass is 434 g/mol. The summed E-state index contributed by atoms with van der Waals surface area (Å²) < 4.78 is 6.24. The Bertz CT molecular complexity index is 369. The molecule has 0 heterocycles. The molecule has 0 aromatic carbocycles. The van der Waals surface area contributed by atoms with Gasteiger partial charge in [0.15, 0.2) is 0 Å². The summed E-state index contributed by atoms with van der Waals surface area (Å²) in [4.78, 5) is 0. The first-order valence-corrected chi connectivity index (χ1v) is 14.3. The van der Waals surface area contributed by atoms with Gasteiger partial charge in [-0.2, -0.15) is 0 Å². The molecule has 0 aromatic heterocycles. The lowest BCUT2D eigenvalue weighted by molar-refractivity contribution is 0.269. The molecule has 1 nitrogen and oxygen atoms in total. The summed E-state index contributed by atoms with van der Waals surface area (Å²) in [7, 11) is 0. The third-order valence-electron chi connectivity index (χ3n) is 6.46. The van der Waals surface area contributed by atoms with E-state index in [0.717, 1.165) is 12.8 Å². The van der Waals surface area contributed by atoms with Gasteiger partial charge >= 0.3 is 0 Å². The Morgan fingerprint density at radius 1 is 0.419 bits per heavy atom. The smallest absolute Gasteiger partial charge is 0.0993 e. The molecule has 0 saturated carbocycles. The number of ether oxygens (including phenoxy) is 1. The highest BCUT2D eigenvalue weighted by Crippen LogP contribution is 2.20. The van der Waals surface area contributed by atoms with Crippen molar-refractivity contribution in [2.75, 3.05) is 0 Å². The highest BCUT2D eigenvalue weighted by molar-refractivity contribution is 5.00. The molecule has 0 N–H and O–H groups in total. The van der Waals surface area contributed by atoms with Gasteiger partial charge in [-0.15, -0.1) is 0 Å². The van der Waals surface area contributed by atoms with E-state index in [4.69, 9.17) is 4.74 Å². The number of unbranched alkanes of at least 4 members (excludes halogenated alkanes) is 18. The Kier molecular flexibility index (Phi) is 24.9. The summed E-state index contributed by atoms with van der Waals surface area (Å²) in [5, 5.41) is 0. The van der Waals surface area contributed by atoms with Crippen LogP contribution < -0.4 is 0 Å². The van der Waals surface area contributed by atoms with Crippen LogP contribution >= 0.6 is 0 Å². The van der Waals surface area contributed by atoms with Crippen molar-refractivity contribution in [2.24, 2.45) is 0 Å². The Balaban J connectivity index is 3.65. The van der Waals surface area contributed by atoms with Gasteiger partial charge in [0.25, 0.3) is 0 Å². The van der Waals surface area contributed by atoms with E-state index in [1.54, 1.807) is 0 Å².